The van der Waals surface area contributed by atoms with Crippen molar-refractivity contribution in [3.63, 3.8) is 0 Å². The van der Waals surface area contributed by atoms with E-state index in [2.05, 4.69) is 0 Å². The Bertz CT molecular complexity index is 672. The van der Waals surface area contributed by atoms with Gasteiger partial charge in [0.2, 0.25) is 0 Å². The number of hydrogen-bond donors (Lipinski definition) is 1. The Morgan fingerprint density at radius 2 is 1.96 bits per heavy atom. The quantitative estimate of drug-likeness (QED) is 0.390. The Kier molecular flexibility index (Phi) is 4.61. The lowest BCUT2D eigenvalue weighted by molar-refractivity contribution is -0.145. The maximum atomic E-state index is 12.1. The number of phenolic OH excluding ortho intramolecular Hbond substituents is 1. The molecule has 0 spiro atoms. The van der Waals surface area contributed by atoms with Crippen LogP contribution in [0.2, 0.25) is 0 Å². The number of benzene rings is 1. The summed E-state index contributed by atoms with van der Waals surface area (Å²) in [5, 5.41) is 10.2. The van der Waals surface area contributed by atoms with Crippen molar-refractivity contribution in [1.29, 1.82) is 0 Å². The predicted molar refractivity (Wildman–Crippen MR) is 85.3 cm³/mol. The zero-order valence-electron chi connectivity index (χ0n) is 14.0. The molecule has 1 aliphatic heterocycles. The van der Waals surface area contributed by atoms with Gasteiger partial charge >= 0.3 is 5.97 Å². The molecule has 1 aliphatic rings. The molecule has 1 fully saturated rings. The fourth-order valence-corrected chi connectivity index (χ4v) is 2.34. The topological polar surface area (TPSA) is 76.1 Å². The molecule has 0 unspecified atom stereocenters. The SMILES string of the molecule is C/C=C(/C)C(=O)O[C@@H](c1cc(C(C)=O)ccc1O)[C@H]1OC1(C)C. The lowest BCUT2D eigenvalue weighted by Gasteiger charge is -2.19. The maximum Gasteiger partial charge on any atom is 0.334 e. The van der Waals surface area contributed by atoms with Gasteiger partial charge in [0.25, 0.3) is 0 Å². The molecule has 0 aliphatic carbocycles. The van der Waals surface area contributed by atoms with Gasteiger partial charge in [0.1, 0.15) is 11.9 Å². The standard InChI is InChI=1S/C18H22O5/c1-6-10(2)17(21)22-15(16-18(4,5)23-16)13-9-12(11(3)19)7-8-14(13)20/h6-9,15-16,20H,1-5H3/b10-6-/t15-,16+/m0/s1. The van der Waals surface area contributed by atoms with E-state index in [0.717, 1.165) is 0 Å². The van der Waals surface area contributed by atoms with Crippen molar-refractivity contribution < 1.29 is 24.2 Å². The molecular formula is C18H22O5. The highest BCUT2D eigenvalue weighted by Gasteiger charge is 2.55. The van der Waals surface area contributed by atoms with E-state index in [9.17, 15) is 14.7 Å². The number of Topliss-reactive ketones (excluding diaryl/α,β-unsaturated/α-hetero) is 1. The first-order valence-corrected chi connectivity index (χ1v) is 7.53. The van der Waals surface area contributed by atoms with Crippen LogP contribution in [0.4, 0.5) is 0 Å². The summed E-state index contributed by atoms with van der Waals surface area (Å²) in [4.78, 5) is 23.7. The number of epoxide rings is 1. The van der Waals surface area contributed by atoms with Gasteiger partial charge in [-0.1, -0.05) is 6.08 Å². The van der Waals surface area contributed by atoms with Crippen molar-refractivity contribution in [3.8, 4) is 5.75 Å². The van der Waals surface area contributed by atoms with Crippen LogP contribution in [0.15, 0.2) is 29.8 Å². The first kappa shape index (κ1) is 17.2. The first-order chi connectivity index (χ1) is 10.7. The van der Waals surface area contributed by atoms with Crippen LogP contribution >= 0.6 is 0 Å². The number of ketones is 1. The molecule has 23 heavy (non-hydrogen) atoms. The summed E-state index contributed by atoms with van der Waals surface area (Å²) in [6.07, 6.45) is 0.514. The highest BCUT2D eigenvalue weighted by molar-refractivity contribution is 5.94. The molecule has 2 atom stereocenters. The molecule has 5 heteroatoms. The third-order valence-corrected chi connectivity index (χ3v) is 4.06. The number of ether oxygens (including phenoxy) is 2. The fourth-order valence-electron chi connectivity index (χ4n) is 2.34. The second kappa shape index (κ2) is 6.16. The van der Waals surface area contributed by atoms with Crippen molar-refractivity contribution >= 4 is 11.8 Å². The Hall–Kier alpha value is -2.14. The van der Waals surface area contributed by atoms with E-state index >= 15 is 0 Å². The van der Waals surface area contributed by atoms with Crippen LogP contribution < -0.4 is 0 Å². The van der Waals surface area contributed by atoms with E-state index in [1.807, 2.05) is 13.8 Å². The summed E-state index contributed by atoms with van der Waals surface area (Å²) >= 11 is 0. The Labute approximate surface area is 135 Å². The summed E-state index contributed by atoms with van der Waals surface area (Å²) in [6.45, 7) is 8.61. The molecule has 0 bridgehead atoms. The van der Waals surface area contributed by atoms with Crippen molar-refractivity contribution in [2.75, 3.05) is 0 Å². The summed E-state index contributed by atoms with van der Waals surface area (Å²) in [5.41, 5.74) is 0.842. The predicted octanol–water partition coefficient (Wildman–Crippen LogP) is 3.32. The Balaban J connectivity index is 2.40. The summed E-state index contributed by atoms with van der Waals surface area (Å²) < 4.78 is 11.2. The van der Waals surface area contributed by atoms with Crippen molar-refractivity contribution in [1.82, 2.24) is 0 Å². The Morgan fingerprint density at radius 1 is 1.35 bits per heavy atom. The van der Waals surface area contributed by atoms with E-state index in [-0.39, 0.29) is 17.6 Å². The van der Waals surface area contributed by atoms with E-state index in [1.165, 1.54) is 19.1 Å². The van der Waals surface area contributed by atoms with E-state index in [0.29, 0.717) is 16.7 Å². The third-order valence-electron chi connectivity index (χ3n) is 4.06. The highest BCUT2D eigenvalue weighted by atomic mass is 16.6. The van der Waals surface area contributed by atoms with E-state index in [1.54, 1.807) is 26.0 Å². The number of carbonyl (C=O) groups is 2. The van der Waals surface area contributed by atoms with Gasteiger partial charge in [-0.25, -0.2) is 4.79 Å². The largest absolute Gasteiger partial charge is 0.508 e. The van der Waals surface area contributed by atoms with Crippen LogP contribution in [0.1, 0.15) is 56.6 Å². The van der Waals surface area contributed by atoms with Crippen LogP contribution in [-0.2, 0) is 14.3 Å². The third kappa shape index (κ3) is 3.62. The molecule has 0 saturated carbocycles. The molecule has 1 aromatic carbocycles. The number of esters is 1. The smallest absolute Gasteiger partial charge is 0.334 e. The lowest BCUT2D eigenvalue weighted by Crippen LogP contribution is -2.21. The van der Waals surface area contributed by atoms with Gasteiger partial charge in [0.05, 0.1) is 5.60 Å². The van der Waals surface area contributed by atoms with Gasteiger partial charge in [0, 0.05) is 16.7 Å². The van der Waals surface area contributed by atoms with Crippen LogP contribution in [0.3, 0.4) is 0 Å². The van der Waals surface area contributed by atoms with Crippen LogP contribution in [0.5, 0.6) is 5.75 Å². The molecule has 0 radical (unpaired) electrons. The minimum atomic E-state index is -0.772. The molecule has 1 N–H and O–H groups in total. The van der Waals surface area contributed by atoms with Crippen molar-refractivity contribution in [2.45, 2.75) is 52.4 Å². The van der Waals surface area contributed by atoms with Gasteiger partial charge in [-0.3, -0.25) is 4.79 Å². The minimum absolute atomic E-state index is 0.0303. The minimum Gasteiger partial charge on any atom is -0.508 e. The number of rotatable bonds is 5. The number of phenols is 1. The molecular weight excluding hydrogens is 296 g/mol. The normalized spacial score (nSPS) is 20.7. The van der Waals surface area contributed by atoms with Gasteiger partial charge < -0.3 is 14.6 Å². The average Bonchev–Trinajstić information content (AvgIpc) is 3.12. The molecule has 1 saturated heterocycles. The van der Waals surface area contributed by atoms with E-state index in [4.69, 9.17) is 9.47 Å². The second-order valence-corrected chi connectivity index (χ2v) is 6.27. The number of carbonyl (C=O) groups excluding carboxylic acids is 2. The zero-order valence-corrected chi connectivity index (χ0v) is 14.0. The molecule has 1 aromatic rings. The van der Waals surface area contributed by atoms with Crippen LogP contribution in [-0.4, -0.2) is 28.6 Å². The average molecular weight is 318 g/mol. The van der Waals surface area contributed by atoms with E-state index < -0.39 is 17.7 Å². The molecule has 124 valence electrons. The summed E-state index contributed by atoms with van der Waals surface area (Å²) in [6, 6.07) is 4.53. The molecule has 1 heterocycles. The zero-order chi connectivity index (χ0) is 17.4. The second-order valence-electron chi connectivity index (χ2n) is 6.27. The van der Waals surface area contributed by atoms with Gasteiger partial charge in [-0.2, -0.15) is 0 Å². The summed E-state index contributed by atoms with van der Waals surface area (Å²) in [5.74, 6) is -0.634. The van der Waals surface area contributed by atoms with Gasteiger partial charge in [-0.15, -0.1) is 0 Å². The molecule has 2 rings (SSSR count). The monoisotopic (exact) mass is 318 g/mol. The lowest BCUT2D eigenvalue weighted by atomic mass is 9.96. The molecule has 0 aromatic heterocycles. The van der Waals surface area contributed by atoms with Crippen LogP contribution in [0, 0.1) is 0 Å². The van der Waals surface area contributed by atoms with Gasteiger partial charge in [0.15, 0.2) is 11.9 Å². The molecule has 5 nitrogen and oxygen atoms in total. The van der Waals surface area contributed by atoms with Gasteiger partial charge in [-0.05, 0) is 52.8 Å². The van der Waals surface area contributed by atoms with Crippen molar-refractivity contribution in [2.24, 2.45) is 0 Å². The Morgan fingerprint density at radius 3 is 2.43 bits per heavy atom. The summed E-state index contributed by atoms with van der Waals surface area (Å²) in [7, 11) is 0. The maximum absolute atomic E-state index is 12.1. The van der Waals surface area contributed by atoms with Crippen molar-refractivity contribution in [3.05, 3.63) is 41.0 Å². The number of aromatic hydroxyl groups is 1. The first-order valence-electron chi connectivity index (χ1n) is 7.53. The molecule has 0 amide bonds. The number of allylic oxidation sites excluding steroid dienone is 1. The number of hydrogen-bond acceptors (Lipinski definition) is 5. The fraction of sp³-hybridized carbons (Fsp3) is 0.444. The van der Waals surface area contributed by atoms with Crippen LogP contribution in [0.25, 0.3) is 0 Å². The highest BCUT2D eigenvalue weighted by Crippen LogP contribution is 2.47.